The zero-order valence-electron chi connectivity index (χ0n) is 19.9. The van der Waals surface area contributed by atoms with Crippen LogP contribution in [-0.4, -0.2) is 60.4 Å². The standard InChI is InChI=1S/C26H36N4O3/c1-19-7-4-5-9-22(19)18-29(17-21-8-6-10-24(15-21)33-3)23-11-14-30(20(2)31)25(16-23)26(32)28-13-12-27/h4-10,15,23,25H,11-14,16-18,27H2,1-3H3,(H,28,32)/t23?,25-/m1/s1. The highest BCUT2D eigenvalue weighted by Crippen LogP contribution is 2.27. The Morgan fingerprint density at radius 2 is 1.97 bits per heavy atom. The van der Waals surface area contributed by atoms with Gasteiger partial charge in [0.05, 0.1) is 7.11 Å². The van der Waals surface area contributed by atoms with Gasteiger partial charge in [0.1, 0.15) is 11.8 Å². The zero-order valence-corrected chi connectivity index (χ0v) is 19.9. The Labute approximate surface area is 196 Å². The third kappa shape index (κ3) is 6.55. The SMILES string of the molecule is COc1cccc(CN(Cc2ccccc2C)C2CCN(C(C)=O)[C@@H](C(=O)NCCN)C2)c1. The van der Waals surface area contributed by atoms with Crippen molar-refractivity contribution >= 4 is 11.8 Å². The number of hydrogen-bond acceptors (Lipinski definition) is 5. The van der Waals surface area contributed by atoms with Gasteiger partial charge < -0.3 is 20.7 Å². The van der Waals surface area contributed by atoms with Gasteiger partial charge in [-0.05, 0) is 48.6 Å². The topological polar surface area (TPSA) is 87.9 Å². The summed E-state index contributed by atoms with van der Waals surface area (Å²) in [5.74, 6) is 0.631. The van der Waals surface area contributed by atoms with Crippen LogP contribution in [0.5, 0.6) is 5.75 Å². The predicted molar refractivity (Wildman–Crippen MR) is 130 cm³/mol. The number of nitrogens with zero attached hydrogens (tertiary/aromatic N) is 2. The summed E-state index contributed by atoms with van der Waals surface area (Å²) < 4.78 is 5.42. The van der Waals surface area contributed by atoms with E-state index in [1.165, 1.54) is 18.1 Å². The van der Waals surface area contributed by atoms with Crippen LogP contribution < -0.4 is 15.8 Å². The molecule has 1 aliphatic heterocycles. The number of methoxy groups -OCH3 is 1. The number of nitrogens with one attached hydrogen (secondary N) is 1. The second-order valence-electron chi connectivity index (χ2n) is 8.67. The average Bonchev–Trinajstić information content (AvgIpc) is 2.83. The van der Waals surface area contributed by atoms with Gasteiger partial charge in [-0.2, -0.15) is 0 Å². The molecule has 1 fully saturated rings. The lowest BCUT2D eigenvalue weighted by Gasteiger charge is -2.42. The molecule has 2 aromatic carbocycles. The second-order valence-corrected chi connectivity index (χ2v) is 8.67. The van der Waals surface area contributed by atoms with E-state index in [2.05, 4.69) is 47.5 Å². The summed E-state index contributed by atoms with van der Waals surface area (Å²) >= 11 is 0. The number of nitrogens with two attached hydrogens (primary N) is 1. The van der Waals surface area contributed by atoms with Crippen molar-refractivity contribution in [2.75, 3.05) is 26.7 Å². The Bertz CT molecular complexity index is 949. The summed E-state index contributed by atoms with van der Waals surface area (Å²) in [6.07, 6.45) is 1.40. The van der Waals surface area contributed by atoms with Gasteiger partial charge in [-0.15, -0.1) is 0 Å². The molecule has 1 heterocycles. The lowest BCUT2D eigenvalue weighted by molar-refractivity contribution is -0.142. The van der Waals surface area contributed by atoms with E-state index in [9.17, 15) is 9.59 Å². The highest BCUT2D eigenvalue weighted by Gasteiger charge is 2.37. The highest BCUT2D eigenvalue weighted by atomic mass is 16.5. The number of likely N-dealkylation sites (tertiary alicyclic amines) is 1. The molecule has 2 amide bonds. The summed E-state index contributed by atoms with van der Waals surface area (Å²) in [7, 11) is 1.67. The third-order valence-electron chi connectivity index (χ3n) is 6.40. The molecule has 3 N–H and O–H groups in total. The van der Waals surface area contributed by atoms with Crippen molar-refractivity contribution in [1.82, 2.24) is 15.1 Å². The van der Waals surface area contributed by atoms with Gasteiger partial charge in [0.15, 0.2) is 0 Å². The average molecular weight is 453 g/mol. The van der Waals surface area contributed by atoms with E-state index in [0.29, 0.717) is 26.1 Å². The maximum atomic E-state index is 12.9. The minimum atomic E-state index is -0.488. The number of carbonyl (C=O) groups is 2. The number of amides is 2. The molecule has 0 spiro atoms. The molecule has 3 rings (SSSR count). The van der Waals surface area contributed by atoms with Crippen LogP contribution in [0, 0.1) is 6.92 Å². The molecular weight excluding hydrogens is 416 g/mol. The zero-order chi connectivity index (χ0) is 23.8. The molecule has 0 aliphatic carbocycles. The van der Waals surface area contributed by atoms with Crippen LogP contribution in [-0.2, 0) is 22.7 Å². The van der Waals surface area contributed by atoms with Crippen molar-refractivity contribution in [3.8, 4) is 5.75 Å². The van der Waals surface area contributed by atoms with E-state index >= 15 is 0 Å². The van der Waals surface area contributed by atoms with Crippen LogP contribution in [0.1, 0.15) is 36.5 Å². The molecular formula is C26H36N4O3. The summed E-state index contributed by atoms with van der Waals surface area (Å²) in [5, 5.41) is 2.88. The first-order valence-electron chi connectivity index (χ1n) is 11.6. The summed E-state index contributed by atoms with van der Waals surface area (Å²) in [4.78, 5) is 29.3. The van der Waals surface area contributed by atoms with Crippen LogP contribution in [0.4, 0.5) is 0 Å². The van der Waals surface area contributed by atoms with Crippen molar-refractivity contribution in [1.29, 1.82) is 0 Å². The van der Waals surface area contributed by atoms with Crippen molar-refractivity contribution in [3.63, 3.8) is 0 Å². The van der Waals surface area contributed by atoms with Crippen LogP contribution in [0.2, 0.25) is 0 Å². The van der Waals surface area contributed by atoms with Gasteiger partial charge in [-0.1, -0.05) is 36.4 Å². The normalized spacial score (nSPS) is 18.3. The van der Waals surface area contributed by atoms with E-state index in [4.69, 9.17) is 10.5 Å². The Morgan fingerprint density at radius 3 is 2.67 bits per heavy atom. The Kier molecular flexibility index (Phi) is 8.86. The number of ether oxygens (including phenoxy) is 1. The Hall–Kier alpha value is -2.90. The van der Waals surface area contributed by atoms with Gasteiger partial charge in [0.25, 0.3) is 0 Å². The Morgan fingerprint density at radius 1 is 1.18 bits per heavy atom. The van der Waals surface area contributed by atoms with E-state index < -0.39 is 6.04 Å². The first-order valence-corrected chi connectivity index (χ1v) is 11.6. The lowest BCUT2D eigenvalue weighted by Crippen LogP contribution is -2.57. The molecule has 178 valence electrons. The fourth-order valence-electron chi connectivity index (χ4n) is 4.54. The number of benzene rings is 2. The van der Waals surface area contributed by atoms with E-state index in [1.54, 1.807) is 12.0 Å². The lowest BCUT2D eigenvalue weighted by atomic mass is 9.93. The highest BCUT2D eigenvalue weighted by molar-refractivity contribution is 5.87. The van der Waals surface area contributed by atoms with Crippen LogP contribution in [0.15, 0.2) is 48.5 Å². The first-order chi connectivity index (χ1) is 15.9. The van der Waals surface area contributed by atoms with Crippen LogP contribution in [0.3, 0.4) is 0 Å². The molecule has 1 aliphatic rings. The van der Waals surface area contributed by atoms with Gasteiger partial charge in [0.2, 0.25) is 11.8 Å². The molecule has 0 aromatic heterocycles. The van der Waals surface area contributed by atoms with E-state index in [-0.39, 0.29) is 17.9 Å². The largest absolute Gasteiger partial charge is 0.497 e. The van der Waals surface area contributed by atoms with Gasteiger partial charge in [-0.25, -0.2) is 0 Å². The molecule has 0 saturated carbocycles. The maximum absolute atomic E-state index is 12.9. The molecule has 2 atom stereocenters. The van der Waals surface area contributed by atoms with Gasteiger partial charge >= 0.3 is 0 Å². The van der Waals surface area contributed by atoms with Crippen molar-refractivity contribution in [3.05, 3.63) is 65.2 Å². The monoisotopic (exact) mass is 452 g/mol. The fraction of sp³-hybridized carbons (Fsp3) is 0.462. The van der Waals surface area contributed by atoms with Crippen molar-refractivity contribution < 1.29 is 14.3 Å². The number of piperidine rings is 1. The Balaban J connectivity index is 1.86. The molecule has 7 nitrogen and oxygen atoms in total. The van der Waals surface area contributed by atoms with Crippen LogP contribution >= 0.6 is 0 Å². The quantitative estimate of drug-likeness (QED) is 0.610. The first kappa shape index (κ1) is 24.7. The number of aryl methyl sites for hydroxylation is 1. The summed E-state index contributed by atoms with van der Waals surface area (Å²) in [6, 6.07) is 16.2. The van der Waals surface area contributed by atoms with Crippen LogP contribution in [0.25, 0.3) is 0 Å². The molecule has 1 unspecified atom stereocenters. The molecule has 0 bridgehead atoms. The number of carbonyl (C=O) groups excluding carboxylic acids is 2. The summed E-state index contributed by atoms with van der Waals surface area (Å²) in [6.45, 7) is 6.49. The summed E-state index contributed by atoms with van der Waals surface area (Å²) in [5.41, 5.74) is 9.23. The smallest absolute Gasteiger partial charge is 0.242 e. The second kappa shape index (κ2) is 11.8. The molecule has 2 aromatic rings. The fourth-order valence-corrected chi connectivity index (χ4v) is 4.54. The van der Waals surface area contributed by atoms with Crippen molar-refractivity contribution in [2.45, 2.75) is 51.9 Å². The van der Waals surface area contributed by atoms with E-state index in [1.807, 2.05) is 18.2 Å². The molecule has 1 saturated heterocycles. The maximum Gasteiger partial charge on any atom is 0.242 e. The molecule has 33 heavy (non-hydrogen) atoms. The third-order valence-corrected chi connectivity index (χ3v) is 6.40. The number of hydrogen-bond donors (Lipinski definition) is 2. The van der Waals surface area contributed by atoms with Crippen molar-refractivity contribution in [2.24, 2.45) is 5.73 Å². The minimum absolute atomic E-state index is 0.0698. The number of rotatable bonds is 9. The molecule has 0 radical (unpaired) electrons. The van der Waals surface area contributed by atoms with Gasteiger partial charge in [0, 0.05) is 45.7 Å². The minimum Gasteiger partial charge on any atom is -0.497 e. The predicted octanol–water partition coefficient (Wildman–Crippen LogP) is 2.46. The van der Waals surface area contributed by atoms with E-state index in [0.717, 1.165) is 30.8 Å². The molecule has 7 heteroatoms. The van der Waals surface area contributed by atoms with Gasteiger partial charge in [-0.3, -0.25) is 14.5 Å².